The first kappa shape index (κ1) is 19.3. The van der Waals surface area contributed by atoms with Crippen molar-refractivity contribution in [3.8, 4) is 0 Å². The van der Waals surface area contributed by atoms with Crippen molar-refractivity contribution in [2.45, 2.75) is 56.0 Å². The first-order valence-corrected chi connectivity index (χ1v) is 7.82. The number of hydrogen-bond acceptors (Lipinski definition) is 2. The van der Waals surface area contributed by atoms with Gasteiger partial charge in [-0.3, -0.25) is 9.59 Å². The maximum Gasteiger partial charge on any atom is 0.303 e. The minimum Gasteiger partial charge on any atom is -0.481 e. The molecule has 1 unspecified atom stereocenters. The molecule has 2 N–H and O–H groups in total. The Balaban J connectivity index is 0. The van der Waals surface area contributed by atoms with Crippen LogP contribution in [0.3, 0.4) is 0 Å². The van der Waals surface area contributed by atoms with Crippen LogP contribution in [0.1, 0.15) is 52.4 Å². The molecular formula is C12H23NaO4. The largest absolute Gasteiger partial charge is 0.481 e. The second kappa shape index (κ2) is 14.0. The summed E-state index contributed by atoms with van der Waals surface area (Å²) < 4.78 is 1.51. The monoisotopic (exact) mass is 254 g/mol. The Bertz CT molecular complexity index is 189. The minimum atomic E-state index is -1.08. The number of rotatable bonds is 8. The fraction of sp³-hybridized carbons (Fsp3) is 0.833. The molecule has 0 aromatic carbocycles. The SMILES string of the molecule is CCCCC(CC)[CH2][Na].O=C(O)CCC(=O)O. The molecule has 0 radical (unpaired) electrons. The standard InChI is InChI=1S/C8H17.C4H6O4.Na/c1-4-6-7-8(3)5-2;5-3(6)1-2-4(7)8;/h8H,3-7H2,1-2H3;1-2H2,(H,5,6)(H,7,8);. The number of hydrogen-bond donors (Lipinski definition) is 2. The molecule has 0 aliphatic heterocycles. The van der Waals surface area contributed by atoms with E-state index in [4.69, 9.17) is 10.2 Å². The summed E-state index contributed by atoms with van der Waals surface area (Å²) in [5, 5.41) is 15.8. The van der Waals surface area contributed by atoms with Gasteiger partial charge in [0.1, 0.15) is 0 Å². The van der Waals surface area contributed by atoms with Gasteiger partial charge in [-0.05, 0) is 0 Å². The molecule has 0 heterocycles. The van der Waals surface area contributed by atoms with E-state index in [2.05, 4.69) is 13.8 Å². The van der Waals surface area contributed by atoms with Gasteiger partial charge in [-0.2, -0.15) is 0 Å². The molecule has 0 aliphatic rings. The smallest absolute Gasteiger partial charge is 0.303 e. The molecule has 4 nitrogen and oxygen atoms in total. The maximum absolute atomic E-state index is 9.64. The molecule has 1 atom stereocenters. The van der Waals surface area contributed by atoms with E-state index in [0.717, 1.165) is 5.92 Å². The Hall–Kier alpha value is -0.0600. The van der Waals surface area contributed by atoms with Crippen molar-refractivity contribution < 1.29 is 19.8 Å². The number of carboxylic acids is 2. The van der Waals surface area contributed by atoms with E-state index >= 15 is 0 Å². The Morgan fingerprint density at radius 3 is 1.82 bits per heavy atom. The molecule has 0 fully saturated rings. The topological polar surface area (TPSA) is 74.6 Å². The summed E-state index contributed by atoms with van der Waals surface area (Å²) in [5.41, 5.74) is 0. The molecule has 17 heavy (non-hydrogen) atoms. The molecule has 0 aromatic heterocycles. The predicted octanol–water partition coefficient (Wildman–Crippen LogP) is 2.73. The molecule has 0 aliphatic carbocycles. The van der Waals surface area contributed by atoms with Crippen LogP contribution in [0.15, 0.2) is 0 Å². The van der Waals surface area contributed by atoms with Gasteiger partial charge in [-0.25, -0.2) is 0 Å². The fourth-order valence-corrected chi connectivity index (χ4v) is 2.39. The second-order valence-electron chi connectivity index (χ2n) is 4.11. The van der Waals surface area contributed by atoms with Gasteiger partial charge in [0.15, 0.2) is 0 Å². The van der Waals surface area contributed by atoms with Crippen LogP contribution in [-0.4, -0.2) is 50.1 Å². The van der Waals surface area contributed by atoms with E-state index in [1.54, 1.807) is 0 Å². The normalized spacial score (nSPS) is 11.3. The zero-order valence-corrected chi connectivity index (χ0v) is 13.2. The van der Waals surface area contributed by atoms with E-state index in [9.17, 15) is 9.59 Å². The van der Waals surface area contributed by atoms with Gasteiger partial charge in [-0.15, -0.1) is 0 Å². The van der Waals surface area contributed by atoms with E-state index in [0.29, 0.717) is 0 Å². The first-order valence-electron chi connectivity index (χ1n) is 6.41. The molecule has 0 amide bonds. The first-order chi connectivity index (χ1) is 7.97. The zero-order chi connectivity index (χ0) is 13.7. The number of carboxylic acid groups (broad SMARTS) is 2. The summed E-state index contributed by atoms with van der Waals surface area (Å²) in [4.78, 5) is 19.3. The van der Waals surface area contributed by atoms with E-state index in [1.807, 2.05) is 0 Å². The third-order valence-electron chi connectivity index (χ3n) is 2.67. The Kier molecular flexibility index (Phi) is 15.9. The summed E-state index contributed by atoms with van der Waals surface area (Å²) in [7, 11) is 0. The average molecular weight is 254 g/mol. The van der Waals surface area contributed by atoms with Crippen LogP contribution >= 0.6 is 0 Å². The van der Waals surface area contributed by atoms with Gasteiger partial charge in [-0.1, -0.05) is 0 Å². The van der Waals surface area contributed by atoms with E-state index in [1.165, 1.54) is 57.3 Å². The minimum absolute atomic E-state index is 0.296. The number of aliphatic carboxylic acids is 2. The quantitative estimate of drug-likeness (QED) is 0.653. The van der Waals surface area contributed by atoms with Gasteiger partial charge in [0, 0.05) is 0 Å². The van der Waals surface area contributed by atoms with E-state index in [-0.39, 0.29) is 12.8 Å². The molecule has 0 bridgehead atoms. The van der Waals surface area contributed by atoms with Crippen molar-refractivity contribution in [3.05, 3.63) is 0 Å². The van der Waals surface area contributed by atoms with Gasteiger partial charge >= 0.3 is 89.0 Å². The molecule has 0 saturated carbocycles. The zero-order valence-electron chi connectivity index (χ0n) is 11.2. The predicted molar refractivity (Wildman–Crippen MR) is 68.4 cm³/mol. The van der Waals surface area contributed by atoms with Crippen molar-refractivity contribution in [2.75, 3.05) is 0 Å². The summed E-state index contributed by atoms with van der Waals surface area (Å²) >= 11 is 1.40. The van der Waals surface area contributed by atoms with Crippen molar-refractivity contribution >= 4 is 39.9 Å². The third kappa shape index (κ3) is 18.5. The third-order valence-corrected chi connectivity index (χ3v) is 3.83. The Labute approximate surface area is 121 Å². The van der Waals surface area contributed by atoms with Crippen LogP contribution in [0.25, 0.3) is 0 Å². The summed E-state index contributed by atoms with van der Waals surface area (Å²) in [6, 6.07) is 0. The van der Waals surface area contributed by atoms with Crippen LogP contribution in [0, 0.1) is 5.92 Å². The molecule has 5 heteroatoms. The molecular weight excluding hydrogens is 231 g/mol. The van der Waals surface area contributed by atoms with Crippen LogP contribution in [0.4, 0.5) is 0 Å². The van der Waals surface area contributed by atoms with Crippen LogP contribution < -0.4 is 0 Å². The average Bonchev–Trinajstić information content (AvgIpc) is 2.29. The molecule has 0 spiro atoms. The van der Waals surface area contributed by atoms with Gasteiger partial charge in [0.25, 0.3) is 0 Å². The van der Waals surface area contributed by atoms with Crippen molar-refractivity contribution in [1.29, 1.82) is 0 Å². The van der Waals surface area contributed by atoms with Crippen molar-refractivity contribution in [3.63, 3.8) is 0 Å². The van der Waals surface area contributed by atoms with Crippen LogP contribution in [-0.2, 0) is 9.59 Å². The summed E-state index contributed by atoms with van der Waals surface area (Å²) in [6.07, 6.45) is 5.11. The fourth-order valence-electron chi connectivity index (χ4n) is 1.40. The van der Waals surface area contributed by atoms with Gasteiger partial charge in [0.05, 0.1) is 12.8 Å². The van der Waals surface area contributed by atoms with Crippen LogP contribution in [0.2, 0.25) is 3.67 Å². The van der Waals surface area contributed by atoms with Gasteiger partial charge < -0.3 is 10.2 Å². The molecule has 0 aromatic rings. The van der Waals surface area contributed by atoms with Crippen LogP contribution in [0.5, 0.6) is 0 Å². The summed E-state index contributed by atoms with van der Waals surface area (Å²) in [5.74, 6) is -1.09. The molecule has 0 rings (SSSR count). The molecule has 0 saturated heterocycles. The second-order valence-corrected chi connectivity index (χ2v) is 4.93. The molecule has 96 valence electrons. The Morgan fingerprint density at radius 1 is 1.12 bits per heavy atom. The number of unbranched alkanes of at least 4 members (excludes halogenated alkanes) is 1. The van der Waals surface area contributed by atoms with Gasteiger partial charge in [0.2, 0.25) is 0 Å². The van der Waals surface area contributed by atoms with Crippen molar-refractivity contribution in [1.82, 2.24) is 0 Å². The Morgan fingerprint density at radius 2 is 1.59 bits per heavy atom. The summed E-state index contributed by atoms with van der Waals surface area (Å²) in [6.45, 7) is 4.60. The van der Waals surface area contributed by atoms with Crippen molar-refractivity contribution in [2.24, 2.45) is 5.92 Å². The van der Waals surface area contributed by atoms with E-state index < -0.39 is 11.9 Å². The number of carbonyl (C=O) groups is 2. The maximum atomic E-state index is 9.64.